The highest BCUT2D eigenvalue weighted by Gasteiger charge is 2.39. The lowest BCUT2D eigenvalue weighted by molar-refractivity contribution is 0.105. The Balaban J connectivity index is 1.26. The molecule has 72 heavy (non-hydrogen) atoms. The van der Waals surface area contributed by atoms with Gasteiger partial charge in [0.1, 0.15) is 37.4 Å². The Hall–Kier alpha value is -7.69. The van der Waals surface area contributed by atoms with Crippen LogP contribution in [0.2, 0.25) is 0 Å². The van der Waals surface area contributed by atoms with E-state index < -0.39 is 181 Å². The molecular weight excluding hydrogens is 1090 g/mol. The van der Waals surface area contributed by atoms with Gasteiger partial charge < -0.3 is 20.8 Å². The molecule has 0 saturated carbocycles. The normalized spacial score (nSPS) is 15.6. The number of phenols is 2. The Morgan fingerprint density at radius 3 is 1.12 bits per heavy atom. The summed E-state index contributed by atoms with van der Waals surface area (Å²) in [5, 5.41) is 32.1. The van der Waals surface area contributed by atoms with Crippen LogP contribution < -0.4 is 21.5 Å². The molecule has 5 aromatic rings. The molecule has 0 aliphatic heterocycles. The van der Waals surface area contributed by atoms with Gasteiger partial charge in [-0.25, -0.2) is 9.97 Å². The first-order valence-electron chi connectivity index (χ1n) is 18.4. The smallest absolute Gasteiger partial charge is 0.297 e. The second-order valence-electron chi connectivity index (χ2n) is 14.2. The predicted molar refractivity (Wildman–Crippen MR) is 245 cm³/mol. The number of hydrogen-bond donors (Lipinski definition) is 12. The number of aromatic nitrogens is 3. The molecule has 2 aliphatic carbocycles. The molecule has 31 nitrogen and oxygen atoms in total. The van der Waals surface area contributed by atoms with Crippen molar-refractivity contribution in [2.45, 2.75) is 19.6 Å². The average Bonchev–Trinajstić information content (AvgIpc) is 3.24. The van der Waals surface area contributed by atoms with Crippen LogP contribution in [0.5, 0.6) is 11.5 Å². The van der Waals surface area contributed by atoms with E-state index in [4.69, 9.17) is 0 Å². The van der Waals surface area contributed by atoms with Crippen molar-refractivity contribution in [1.29, 1.82) is 0 Å². The molecule has 0 radical (unpaired) electrons. The lowest BCUT2D eigenvalue weighted by Gasteiger charge is -2.21. The van der Waals surface area contributed by atoms with Crippen LogP contribution in [-0.4, -0.2) is 126 Å². The van der Waals surface area contributed by atoms with Crippen molar-refractivity contribution < 1.29 is 97.6 Å². The van der Waals surface area contributed by atoms with Gasteiger partial charge in [-0.1, -0.05) is 0 Å². The summed E-state index contributed by atoms with van der Waals surface area (Å²) in [7, 11) is -32.0. The number of carbonyl (C=O) groups excluding carboxylic acids is 2. The van der Waals surface area contributed by atoms with Crippen LogP contribution in [-0.2, 0) is 60.7 Å². The molecule has 0 saturated heterocycles. The van der Waals surface area contributed by atoms with Crippen molar-refractivity contribution in [3.63, 3.8) is 0 Å². The molecule has 0 unspecified atom stereocenters. The third-order valence-electron chi connectivity index (χ3n) is 9.57. The van der Waals surface area contributed by atoms with Crippen molar-refractivity contribution in [1.82, 2.24) is 15.0 Å². The minimum absolute atomic E-state index is 0.386. The van der Waals surface area contributed by atoms with Gasteiger partial charge in [-0.2, -0.15) is 65.7 Å². The molecule has 1 heterocycles. The fourth-order valence-electron chi connectivity index (χ4n) is 6.54. The Kier molecular flexibility index (Phi) is 13.2. The van der Waals surface area contributed by atoms with Crippen molar-refractivity contribution in [3.05, 3.63) is 99.1 Å². The van der Waals surface area contributed by atoms with Crippen LogP contribution in [0, 0.1) is 0 Å². The zero-order valence-electron chi connectivity index (χ0n) is 34.5. The van der Waals surface area contributed by atoms with E-state index in [1.54, 1.807) is 0 Å². The van der Waals surface area contributed by atoms with Crippen LogP contribution in [0.1, 0.15) is 31.8 Å². The number of ketones is 2. The molecule has 0 bridgehead atoms. The number of hydrazone groups is 2. The molecular formula is C35H25N9O22S6. The van der Waals surface area contributed by atoms with Crippen molar-refractivity contribution in [2.24, 2.45) is 10.2 Å². The second-order valence-corrected chi connectivity index (χ2v) is 22.6. The SMILES string of the molecule is O=C1/C(=N\Nc2cc(S(=O)(=O)O)ccc2O)C(S(=O)(=O)O)=Cc2c1ccc(Nc1ncnc(Nc3ccc4c(c3S(=O)(=O)O)C=C(S(=O)(=O)O)/C(=N/Nc3cc(S(=O)(=O)O)ccc3O)C4=O)n1)c2S(=O)(=O)O. The van der Waals surface area contributed by atoms with Crippen molar-refractivity contribution >= 4 is 130 Å². The first-order valence-corrected chi connectivity index (χ1v) is 27.1. The van der Waals surface area contributed by atoms with Gasteiger partial charge in [0, 0.05) is 22.3 Å². The summed E-state index contributed by atoms with van der Waals surface area (Å²) in [6.45, 7) is 0. The molecule has 378 valence electrons. The fourth-order valence-corrected chi connectivity index (χ4v) is 10.5. The fraction of sp³-hybridized carbons (Fsp3) is 0. The third kappa shape index (κ3) is 10.6. The van der Waals surface area contributed by atoms with Gasteiger partial charge in [0.05, 0.1) is 32.5 Å². The highest BCUT2D eigenvalue weighted by molar-refractivity contribution is 7.91. The number of hydrogen-bond acceptors (Lipinski definition) is 25. The topological polar surface area (TPSA) is 512 Å². The molecule has 0 fully saturated rings. The van der Waals surface area contributed by atoms with Crippen molar-refractivity contribution in [2.75, 3.05) is 21.5 Å². The molecule has 0 atom stereocenters. The van der Waals surface area contributed by atoms with Crippen LogP contribution in [0.25, 0.3) is 12.2 Å². The zero-order chi connectivity index (χ0) is 53.3. The van der Waals surface area contributed by atoms with Gasteiger partial charge in [0.15, 0.2) is 11.4 Å². The Bertz CT molecular complexity index is 3840. The molecule has 1 aromatic heterocycles. The number of nitrogens with one attached hydrogen (secondary N) is 4. The number of anilines is 6. The maximum Gasteiger partial charge on any atom is 0.297 e. The summed E-state index contributed by atoms with van der Waals surface area (Å²) in [5.74, 6) is -5.77. The monoisotopic (exact) mass is 1110 g/mol. The van der Waals surface area contributed by atoms with E-state index in [1.807, 2.05) is 10.9 Å². The quantitative estimate of drug-likeness (QED) is 0.0426. The number of rotatable bonds is 14. The van der Waals surface area contributed by atoms with E-state index in [0.717, 1.165) is 48.5 Å². The lowest BCUT2D eigenvalue weighted by Crippen LogP contribution is -2.28. The molecule has 0 amide bonds. The third-order valence-corrected chi connectivity index (χ3v) is 14.9. The minimum Gasteiger partial charge on any atom is -0.506 e. The Morgan fingerprint density at radius 2 is 0.806 bits per heavy atom. The largest absolute Gasteiger partial charge is 0.506 e. The average molecular weight is 1120 g/mol. The van der Waals surface area contributed by atoms with Crippen LogP contribution in [0.15, 0.2) is 107 Å². The summed E-state index contributed by atoms with van der Waals surface area (Å²) in [6, 6.07) is 7.65. The number of Topliss-reactive ketones (excluding diaryl/α,β-unsaturated/α-hetero) is 2. The molecule has 4 aromatic carbocycles. The van der Waals surface area contributed by atoms with Gasteiger partial charge in [-0.05, 0) is 72.8 Å². The number of fused-ring (bicyclic) bond motifs is 2. The van der Waals surface area contributed by atoms with Gasteiger partial charge >= 0.3 is 0 Å². The zero-order valence-corrected chi connectivity index (χ0v) is 39.4. The number of aromatic hydroxyl groups is 2. The summed E-state index contributed by atoms with van der Waals surface area (Å²) in [6.07, 6.45) is 1.47. The highest BCUT2D eigenvalue weighted by Crippen LogP contribution is 2.39. The number of allylic oxidation sites excluding steroid dienone is 2. The van der Waals surface area contributed by atoms with E-state index in [0.29, 0.717) is 30.6 Å². The number of phenolic OH excluding ortho intramolecular Hbond substituents is 2. The first-order chi connectivity index (χ1) is 33.1. The van der Waals surface area contributed by atoms with Crippen LogP contribution in [0.4, 0.5) is 34.6 Å². The summed E-state index contributed by atoms with van der Waals surface area (Å²) in [4.78, 5) is 32.0. The molecule has 0 spiro atoms. The van der Waals surface area contributed by atoms with Gasteiger partial charge in [0.25, 0.3) is 60.7 Å². The number of nitrogens with zero attached hydrogens (tertiary/aromatic N) is 5. The van der Waals surface area contributed by atoms with Crippen LogP contribution >= 0.6 is 0 Å². The first kappa shape index (κ1) is 52.1. The highest BCUT2D eigenvalue weighted by atomic mass is 32.2. The number of benzene rings is 4. The van der Waals surface area contributed by atoms with E-state index >= 15 is 0 Å². The predicted octanol–water partition coefficient (Wildman–Crippen LogP) is 1.54. The standard InChI is InChI=1S/C35H25N9O22S6/c45-24-7-1-14(67(49,50)51)9-22(24)41-43-28-26(69(55,56)57)11-18-16(30(28)47)3-5-20(32(18)71(61,62)63)38-34-36-13-37-35(40-34)39-21-6-4-17-19(33(21)72(64,65)66)12-27(70(58,59)60)29(31(17)48)44-42-23-10-15(68(52,53)54)2-8-25(23)46/h1-13,41-42,45-46H,(H,49,50,51)(H,52,53,54)(H,55,56,57)(H,58,59,60)(H,61,62,63)(H,64,65,66)(H2,36,37,38,39,40)/b43-28-,44-29-. The number of carbonyl (C=O) groups is 2. The Labute approximate surface area is 402 Å². The molecule has 2 aliphatic rings. The minimum atomic E-state index is -5.56. The van der Waals surface area contributed by atoms with Gasteiger partial charge in [-0.3, -0.25) is 47.8 Å². The van der Waals surface area contributed by atoms with Gasteiger partial charge in [-0.15, -0.1) is 0 Å². The summed E-state index contributed by atoms with van der Waals surface area (Å²) in [5.41, 5.74) is -4.23. The molecule has 7 rings (SSSR count). The Morgan fingerprint density at radius 1 is 0.444 bits per heavy atom. The maximum absolute atomic E-state index is 13.7. The van der Waals surface area contributed by atoms with E-state index in [1.165, 1.54) is 0 Å². The molecule has 37 heteroatoms. The van der Waals surface area contributed by atoms with E-state index in [2.05, 4.69) is 35.8 Å². The lowest BCUT2D eigenvalue weighted by atomic mass is 9.94. The summed E-state index contributed by atoms with van der Waals surface area (Å²) < 4.78 is 208. The van der Waals surface area contributed by atoms with Crippen LogP contribution in [0.3, 0.4) is 0 Å². The van der Waals surface area contributed by atoms with Gasteiger partial charge in [0.2, 0.25) is 23.5 Å². The molecule has 12 N–H and O–H groups in total. The van der Waals surface area contributed by atoms with E-state index in [9.17, 15) is 97.6 Å². The second kappa shape index (κ2) is 18.2. The maximum atomic E-state index is 13.7. The van der Waals surface area contributed by atoms with Crippen molar-refractivity contribution in [3.8, 4) is 11.5 Å². The summed E-state index contributed by atoms with van der Waals surface area (Å²) >= 11 is 0. The van der Waals surface area contributed by atoms with E-state index in [-0.39, 0.29) is 0 Å².